The number of hydrogen-bond donors (Lipinski definition) is 1. The molecule has 0 heterocycles. The average Bonchev–Trinajstić information content (AvgIpc) is 2.29. The molecule has 0 spiro atoms. The van der Waals surface area contributed by atoms with E-state index < -0.39 is 0 Å². The maximum atomic E-state index is 11.6. The minimum Gasteiger partial charge on any atom is -0.352 e. The van der Waals surface area contributed by atoms with Crippen LogP contribution in [-0.4, -0.2) is 12.5 Å². The van der Waals surface area contributed by atoms with E-state index in [1.807, 2.05) is 0 Å². The van der Waals surface area contributed by atoms with Gasteiger partial charge in [0.05, 0.1) is 0 Å². The van der Waals surface area contributed by atoms with E-state index in [9.17, 15) is 4.79 Å². The van der Waals surface area contributed by atoms with E-state index in [1.165, 1.54) is 19.3 Å². The molecule has 0 saturated heterocycles. The fraction of sp³-hybridized carbons (Fsp3) is 0.462. The van der Waals surface area contributed by atoms with Gasteiger partial charge in [-0.05, 0) is 30.7 Å². The standard InChI is InChI=1S/C13H18ClNO/c1-2-3-4-5-10-15-13(16)11-6-8-12(14)9-7-11/h6-9H,2-5,10H2,1H3,(H,15,16). The summed E-state index contributed by atoms with van der Waals surface area (Å²) < 4.78 is 0. The molecule has 0 bridgehead atoms. The van der Waals surface area contributed by atoms with Crippen molar-refractivity contribution in [2.75, 3.05) is 6.54 Å². The van der Waals surface area contributed by atoms with Crippen molar-refractivity contribution in [3.05, 3.63) is 34.9 Å². The fourth-order valence-corrected chi connectivity index (χ4v) is 1.58. The van der Waals surface area contributed by atoms with E-state index in [0.717, 1.165) is 13.0 Å². The van der Waals surface area contributed by atoms with Crippen molar-refractivity contribution in [1.82, 2.24) is 5.32 Å². The molecule has 0 aliphatic heterocycles. The summed E-state index contributed by atoms with van der Waals surface area (Å²) in [6.45, 7) is 2.92. The Morgan fingerprint density at radius 2 is 1.88 bits per heavy atom. The van der Waals surface area contributed by atoms with E-state index in [-0.39, 0.29) is 5.91 Å². The van der Waals surface area contributed by atoms with Gasteiger partial charge in [-0.25, -0.2) is 0 Å². The maximum Gasteiger partial charge on any atom is 0.251 e. The van der Waals surface area contributed by atoms with E-state index in [4.69, 9.17) is 11.6 Å². The highest BCUT2D eigenvalue weighted by Crippen LogP contribution is 2.09. The third-order valence-corrected chi connectivity index (χ3v) is 2.67. The van der Waals surface area contributed by atoms with Crippen LogP contribution >= 0.6 is 11.6 Å². The maximum absolute atomic E-state index is 11.6. The van der Waals surface area contributed by atoms with Gasteiger partial charge in [0, 0.05) is 17.1 Å². The Balaban J connectivity index is 2.27. The lowest BCUT2D eigenvalue weighted by atomic mass is 10.2. The zero-order chi connectivity index (χ0) is 11.8. The molecule has 0 unspecified atom stereocenters. The molecule has 1 amide bonds. The summed E-state index contributed by atoms with van der Waals surface area (Å²) in [6, 6.07) is 6.94. The minimum atomic E-state index is -0.0202. The monoisotopic (exact) mass is 239 g/mol. The topological polar surface area (TPSA) is 29.1 Å². The number of unbranched alkanes of at least 4 members (excludes halogenated alkanes) is 3. The Bertz CT molecular complexity index is 321. The highest BCUT2D eigenvalue weighted by Gasteiger charge is 2.03. The second kappa shape index (κ2) is 7.29. The van der Waals surface area contributed by atoms with Crippen LogP contribution in [0.15, 0.2) is 24.3 Å². The Labute approximate surface area is 102 Å². The van der Waals surface area contributed by atoms with E-state index in [2.05, 4.69) is 12.2 Å². The second-order valence-electron chi connectivity index (χ2n) is 3.82. The normalized spacial score (nSPS) is 10.1. The molecule has 0 radical (unpaired) electrons. The largest absolute Gasteiger partial charge is 0.352 e. The van der Waals surface area contributed by atoms with Gasteiger partial charge in [-0.3, -0.25) is 4.79 Å². The summed E-state index contributed by atoms with van der Waals surface area (Å²) >= 11 is 5.75. The first-order valence-corrected chi connectivity index (χ1v) is 6.15. The van der Waals surface area contributed by atoms with Crippen LogP contribution in [0.25, 0.3) is 0 Å². The molecule has 1 N–H and O–H groups in total. The summed E-state index contributed by atoms with van der Waals surface area (Å²) in [7, 11) is 0. The second-order valence-corrected chi connectivity index (χ2v) is 4.26. The Morgan fingerprint density at radius 1 is 1.19 bits per heavy atom. The lowest BCUT2D eigenvalue weighted by molar-refractivity contribution is 0.0953. The number of hydrogen-bond acceptors (Lipinski definition) is 1. The van der Waals surface area contributed by atoms with E-state index in [1.54, 1.807) is 24.3 Å². The van der Waals surface area contributed by atoms with Crippen molar-refractivity contribution < 1.29 is 4.79 Å². The third-order valence-electron chi connectivity index (χ3n) is 2.42. The van der Waals surface area contributed by atoms with Gasteiger partial charge in [0.15, 0.2) is 0 Å². The van der Waals surface area contributed by atoms with Gasteiger partial charge in [0.2, 0.25) is 0 Å². The molecule has 0 aliphatic carbocycles. The molecule has 0 aromatic heterocycles. The summed E-state index contributed by atoms with van der Waals surface area (Å²) in [5.74, 6) is -0.0202. The van der Waals surface area contributed by atoms with Crippen LogP contribution in [0.3, 0.4) is 0 Å². The van der Waals surface area contributed by atoms with Gasteiger partial charge < -0.3 is 5.32 Å². The molecule has 3 heteroatoms. The highest BCUT2D eigenvalue weighted by molar-refractivity contribution is 6.30. The zero-order valence-electron chi connectivity index (χ0n) is 9.63. The summed E-state index contributed by atoms with van der Waals surface area (Å²) in [5.41, 5.74) is 0.667. The Kier molecular flexibility index (Phi) is 5.94. The lowest BCUT2D eigenvalue weighted by Crippen LogP contribution is -2.24. The summed E-state index contributed by atoms with van der Waals surface area (Å²) in [5, 5.41) is 3.55. The molecule has 0 saturated carbocycles. The fourth-order valence-electron chi connectivity index (χ4n) is 1.46. The molecule has 0 fully saturated rings. The van der Waals surface area contributed by atoms with Gasteiger partial charge >= 0.3 is 0 Å². The molecule has 0 aliphatic rings. The smallest absolute Gasteiger partial charge is 0.251 e. The van der Waals surface area contributed by atoms with Crippen LogP contribution in [0.2, 0.25) is 5.02 Å². The molecule has 1 rings (SSSR count). The summed E-state index contributed by atoms with van der Waals surface area (Å²) in [4.78, 5) is 11.6. The first-order chi connectivity index (χ1) is 7.74. The molecule has 88 valence electrons. The first-order valence-electron chi connectivity index (χ1n) is 5.78. The molecular formula is C13H18ClNO. The predicted molar refractivity (Wildman–Crippen MR) is 67.9 cm³/mol. The molecule has 1 aromatic carbocycles. The van der Waals surface area contributed by atoms with Crippen LogP contribution in [0.5, 0.6) is 0 Å². The Hall–Kier alpha value is -1.02. The van der Waals surface area contributed by atoms with Crippen LogP contribution in [0, 0.1) is 0 Å². The van der Waals surface area contributed by atoms with Crippen molar-refractivity contribution in [2.45, 2.75) is 32.6 Å². The molecule has 2 nitrogen and oxygen atoms in total. The zero-order valence-corrected chi connectivity index (χ0v) is 10.4. The molecular weight excluding hydrogens is 222 g/mol. The number of amides is 1. The molecule has 0 atom stereocenters. The highest BCUT2D eigenvalue weighted by atomic mass is 35.5. The van der Waals surface area contributed by atoms with Crippen molar-refractivity contribution in [3.8, 4) is 0 Å². The molecule has 16 heavy (non-hydrogen) atoms. The number of benzene rings is 1. The minimum absolute atomic E-state index is 0.0202. The van der Waals surface area contributed by atoms with Crippen LogP contribution < -0.4 is 5.32 Å². The number of rotatable bonds is 6. The van der Waals surface area contributed by atoms with Gasteiger partial charge in [-0.1, -0.05) is 37.8 Å². The van der Waals surface area contributed by atoms with Crippen LogP contribution in [-0.2, 0) is 0 Å². The SMILES string of the molecule is CCCCCCNC(=O)c1ccc(Cl)cc1. The first kappa shape index (κ1) is 13.0. The van der Waals surface area contributed by atoms with Gasteiger partial charge in [-0.15, -0.1) is 0 Å². The summed E-state index contributed by atoms with van der Waals surface area (Å²) in [6.07, 6.45) is 4.67. The third kappa shape index (κ3) is 4.67. The Morgan fingerprint density at radius 3 is 2.50 bits per heavy atom. The predicted octanol–water partition coefficient (Wildman–Crippen LogP) is 3.65. The number of carbonyl (C=O) groups is 1. The van der Waals surface area contributed by atoms with Gasteiger partial charge in [-0.2, -0.15) is 0 Å². The quantitative estimate of drug-likeness (QED) is 0.755. The van der Waals surface area contributed by atoms with Gasteiger partial charge in [0.1, 0.15) is 0 Å². The molecule has 1 aromatic rings. The van der Waals surface area contributed by atoms with E-state index >= 15 is 0 Å². The van der Waals surface area contributed by atoms with Crippen molar-refractivity contribution in [1.29, 1.82) is 0 Å². The van der Waals surface area contributed by atoms with Crippen LogP contribution in [0.4, 0.5) is 0 Å². The van der Waals surface area contributed by atoms with Crippen molar-refractivity contribution in [3.63, 3.8) is 0 Å². The lowest BCUT2D eigenvalue weighted by Gasteiger charge is -2.04. The van der Waals surface area contributed by atoms with E-state index in [0.29, 0.717) is 10.6 Å². The number of carbonyl (C=O) groups excluding carboxylic acids is 1. The number of halogens is 1. The number of nitrogens with one attached hydrogen (secondary N) is 1. The van der Waals surface area contributed by atoms with Gasteiger partial charge in [0.25, 0.3) is 5.91 Å². The average molecular weight is 240 g/mol. The van der Waals surface area contributed by atoms with Crippen LogP contribution in [0.1, 0.15) is 43.0 Å². The van der Waals surface area contributed by atoms with Crippen molar-refractivity contribution in [2.24, 2.45) is 0 Å². The van der Waals surface area contributed by atoms with Crippen molar-refractivity contribution >= 4 is 17.5 Å².